The maximum atomic E-state index is 12.0. The molecule has 0 bridgehead atoms. The number of carbonyl (C=O) groups is 2. The van der Waals surface area contributed by atoms with E-state index in [4.69, 9.17) is 0 Å². The number of methoxy groups -OCH3 is 1. The van der Waals surface area contributed by atoms with Crippen LogP contribution in [0.5, 0.6) is 0 Å². The molecule has 2 N–H and O–H groups in total. The van der Waals surface area contributed by atoms with Gasteiger partial charge in [-0.25, -0.2) is 19.6 Å². The third kappa shape index (κ3) is 5.27. The van der Waals surface area contributed by atoms with E-state index in [1.165, 1.54) is 7.11 Å². The lowest BCUT2D eigenvalue weighted by molar-refractivity contribution is 0.0600. The van der Waals surface area contributed by atoms with E-state index < -0.39 is 5.97 Å². The van der Waals surface area contributed by atoms with Crippen LogP contribution in [-0.2, 0) is 11.2 Å². The minimum Gasteiger partial charge on any atom is -0.465 e. The third-order valence-corrected chi connectivity index (χ3v) is 3.56. The number of aryl methyl sites for hydroxylation is 3. The summed E-state index contributed by atoms with van der Waals surface area (Å²) in [6, 6.07) is 6.54. The molecule has 0 aliphatic heterocycles. The fourth-order valence-electron chi connectivity index (χ4n) is 2.41. The predicted molar refractivity (Wildman–Crippen MR) is 94.7 cm³/mol. The van der Waals surface area contributed by atoms with Crippen molar-refractivity contribution in [3.05, 3.63) is 52.6 Å². The lowest BCUT2D eigenvalue weighted by Gasteiger charge is -2.11. The molecule has 2 aromatic rings. The molecule has 0 atom stereocenters. The number of hydrogen-bond acceptors (Lipinski definition) is 5. The van der Waals surface area contributed by atoms with Gasteiger partial charge in [-0.3, -0.25) is 0 Å². The molecule has 1 heterocycles. The van der Waals surface area contributed by atoms with Gasteiger partial charge in [0.15, 0.2) is 0 Å². The van der Waals surface area contributed by atoms with E-state index in [-0.39, 0.29) is 6.03 Å². The van der Waals surface area contributed by atoms with Gasteiger partial charge in [0.1, 0.15) is 5.82 Å². The zero-order chi connectivity index (χ0) is 18.4. The zero-order valence-electron chi connectivity index (χ0n) is 14.8. The summed E-state index contributed by atoms with van der Waals surface area (Å²) in [5.74, 6) is 0.295. The Kier molecular flexibility index (Phi) is 6.05. The number of aromatic nitrogens is 2. The average molecular weight is 342 g/mol. The van der Waals surface area contributed by atoms with Crippen LogP contribution in [0.15, 0.2) is 24.3 Å². The lowest BCUT2D eigenvalue weighted by Crippen LogP contribution is -2.31. The van der Waals surface area contributed by atoms with Gasteiger partial charge in [-0.1, -0.05) is 0 Å². The van der Waals surface area contributed by atoms with E-state index in [1.54, 1.807) is 18.2 Å². The Balaban J connectivity index is 1.89. The SMILES string of the molecule is COC(=O)c1ccc(NC(=O)NCCc2nc(C)cc(C)n2)c(C)c1. The van der Waals surface area contributed by atoms with Crippen molar-refractivity contribution in [2.75, 3.05) is 19.0 Å². The Bertz CT molecular complexity index is 770. The Morgan fingerprint density at radius 2 is 1.76 bits per heavy atom. The molecule has 1 aromatic heterocycles. The number of carbonyl (C=O) groups excluding carboxylic acids is 2. The Morgan fingerprint density at radius 3 is 2.36 bits per heavy atom. The summed E-state index contributed by atoms with van der Waals surface area (Å²) in [6.07, 6.45) is 0.552. The van der Waals surface area contributed by atoms with Crippen LogP contribution in [-0.4, -0.2) is 35.6 Å². The molecule has 0 saturated heterocycles. The van der Waals surface area contributed by atoms with Crippen molar-refractivity contribution < 1.29 is 14.3 Å². The monoisotopic (exact) mass is 342 g/mol. The molecule has 0 fully saturated rings. The maximum absolute atomic E-state index is 12.0. The third-order valence-electron chi connectivity index (χ3n) is 3.56. The molecule has 2 amide bonds. The second-order valence-electron chi connectivity index (χ2n) is 5.72. The van der Waals surface area contributed by atoms with Crippen molar-refractivity contribution in [2.45, 2.75) is 27.2 Å². The summed E-state index contributed by atoms with van der Waals surface area (Å²) < 4.78 is 4.67. The van der Waals surface area contributed by atoms with Crippen molar-refractivity contribution in [3.63, 3.8) is 0 Å². The number of rotatable bonds is 5. The van der Waals surface area contributed by atoms with Crippen LogP contribution in [0.4, 0.5) is 10.5 Å². The Labute approximate surface area is 146 Å². The van der Waals surface area contributed by atoms with E-state index in [2.05, 4.69) is 25.3 Å². The molecular weight excluding hydrogens is 320 g/mol. The fourth-order valence-corrected chi connectivity index (χ4v) is 2.41. The van der Waals surface area contributed by atoms with Gasteiger partial charge in [0.2, 0.25) is 0 Å². The van der Waals surface area contributed by atoms with Gasteiger partial charge in [0.25, 0.3) is 0 Å². The van der Waals surface area contributed by atoms with Crippen molar-refractivity contribution in [1.82, 2.24) is 15.3 Å². The molecule has 2 rings (SSSR count). The van der Waals surface area contributed by atoms with Crippen LogP contribution >= 0.6 is 0 Å². The molecule has 0 unspecified atom stereocenters. The molecule has 0 aliphatic rings. The van der Waals surface area contributed by atoms with Crippen molar-refractivity contribution in [3.8, 4) is 0 Å². The molecule has 7 nitrogen and oxygen atoms in total. The van der Waals surface area contributed by atoms with Crippen LogP contribution in [0, 0.1) is 20.8 Å². The summed E-state index contributed by atoms with van der Waals surface area (Å²) in [6.45, 7) is 6.07. The molecule has 7 heteroatoms. The summed E-state index contributed by atoms with van der Waals surface area (Å²) in [5, 5.41) is 5.53. The van der Waals surface area contributed by atoms with Gasteiger partial charge in [0.05, 0.1) is 12.7 Å². The highest BCUT2D eigenvalue weighted by Crippen LogP contribution is 2.17. The Hall–Kier alpha value is -2.96. The highest BCUT2D eigenvalue weighted by atomic mass is 16.5. The fraction of sp³-hybridized carbons (Fsp3) is 0.333. The van der Waals surface area contributed by atoms with E-state index in [1.807, 2.05) is 26.8 Å². The minimum atomic E-state index is -0.410. The first-order valence-corrected chi connectivity index (χ1v) is 7.94. The van der Waals surface area contributed by atoms with Gasteiger partial charge in [-0.2, -0.15) is 0 Å². The summed E-state index contributed by atoms with van der Waals surface area (Å²) in [5.41, 5.74) is 3.67. The first kappa shape index (κ1) is 18.4. The van der Waals surface area contributed by atoms with Crippen LogP contribution < -0.4 is 10.6 Å². The molecule has 0 spiro atoms. The Morgan fingerprint density at radius 1 is 1.08 bits per heavy atom. The van der Waals surface area contributed by atoms with E-state index in [0.29, 0.717) is 30.0 Å². The number of urea groups is 1. The highest BCUT2D eigenvalue weighted by molar-refractivity contribution is 5.93. The van der Waals surface area contributed by atoms with E-state index in [9.17, 15) is 9.59 Å². The van der Waals surface area contributed by atoms with Crippen LogP contribution in [0.25, 0.3) is 0 Å². The normalized spacial score (nSPS) is 10.2. The molecule has 1 aromatic carbocycles. The first-order valence-electron chi connectivity index (χ1n) is 7.94. The van der Waals surface area contributed by atoms with Crippen molar-refractivity contribution in [2.24, 2.45) is 0 Å². The maximum Gasteiger partial charge on any atom is 0.337 e. The predicted octanol–water partition coefficient (Wildman–Crippen LogP) is 2.55. The quantitative estimate of drug-likeness (QED) is 0.815. The second-order valence-corrected chi connectivity index (χ2v) is 5.72. The number of esters is 1. The molecule has 25 heavy (non-hydrogen) atoms. The summed E-state index contributed by atoms with van der Waals surface area (Å²) >= 11 is 0. The van der Waals surface area contributed by atoms with Gasteiger partial charge in [0, 0.05) is 30.0 Å². The van der Waals surface area contributed by atoms with Crippen molar-refractivity contribution >= 4 is 17.7 Å². The van der Waals surface area contributed by atoms with Gasteiger partial charge < -0.3 is 15.4 Å². The smallest absolute Gasteiger partial charge is 0.337 e. The highest BCUT2D eigenvalue weighted by Gasteiger charge is 2.09. The first-order chi connectivity index (χ1) is 11.9. The number of amides is 2. The minimum absolute atomic E-state index is 0.321. The number of hydrogen-bond donors (Lipinski definition) is 2. The van der Waals surface area contributed by atoms with Crippen LogP contribution in [0.3, 0.4) is 0 Å². The summed E-state index contributed by atoms with van der Waals surface area (Å²) in [7, 11) is 1.33. The van der Waals surface area contributed by atoms with Gasteiger partial charge >= 0.3 is 12.0 Å². The van der Waals surface area contributed by atoms with E-state index in [0.717, 1.165) is 17.0 Å². The molecule has 132 valence electrons. The average Bonchev–Trinajstić information content (AvgIpc) is 2.55. The standard InChI is InChI=1S/C18H22N4O3/c1-11-9-14(17(23)25-4)5-6-15(11)22-18(24)19-8-7-16-20-12(2)10-13(3)21-16/h5-6,9-10H,7-8H2,1-4H3,(H2,19,22,24). The van der Waals surface area contributed by atoms with Gasteiger partial charge in [-0.15, -0.1) is 0 Å². The van der Waals surface area contributed by atoms with Gasteiger partial charge in [-0.05, 0) is 50.6 Å². The summed E-state index contributed by atoms with van der Waals surface area (Å²) in [4.78, 5) is 32.2. The number of ether oxygens (including phenoxy) is 1. The van der Waals surface area contributed by atoms with Crippen LogP contribution in [0.2, 0.25) is 0 Å². The largest absolute Gasteiger partial charge is 0.465 e. The molecule has 0 saturated carbocycles. The van der Waals surface area contributed by atoms with E-state index >= 15 is 0 Å². The molecular formula is C18H22N4O3. The van der Waals surface area contributed by atoms with Crippen LogP contribution in [0.1, 0.15) is 33.1 Å². The topological polar surface area (TPSA) is 93.2 Å². The number of nitrogens with zero attached hydrogens (tertiary/aromatic N) is 2. The zero-order valence-corrected chi connectivity index (χ0v) is 14.8. The second kappa shape index (κ2) is 8.23. The number of anilines is 1. The molecule has 0 radical (unpaired) electrons. The van der Waals surface area contributed by atoms with Crippen molar-refractivity contribution in [1.29, 1.82) is 0 Å². The number of benzene rings is 1. The lowest BCUT2D eigenvalue weighted by atomic mass is 10.1. The number of nitrogens with one attached hydrogen (secondary N) is 2. The molecule has 0 aliphatic carbocycles.